The molecule has 0 aliphatic rings. The van der Waals surface area contributed by atoms with E-state index in [1.807, 2.05) is 32.9 Å². The molecule has 0 bridgehead atoms. The second-order valence-electron chi connectivity index (χ2n) is 4.97. The molecule has 1 aromatic carbocycles. The minimum Gasteiger partial charge on any atom is -0.480 e. The quantitative estimate of drug-likeness (QED) is 0.824. The van der Waals surface area contributed by atoms with Crippen molar-refractivity contribution >= 4 is 11.9 Å². The summed E-state index contributed by atoms with van der Waals surface area (Å²) in [5.41, 5.74) is 4.16. The van der Waals surface area contributed by atoms with Crippen LogP contribution < -0.4 is 5.32 Å². The van der Waals surface area contributed by atoms with Gasteiger partial charge >= 0.3 is 5.97 Å². The number of ether oxygens (including phenoxy) is 1. The summed E-state index contributed by atoms with van der Waals surface area (Å²) in [6, 6.07) is 3.01. The molecule has 5 heteroatoms. The highest BCUT2D eigenvalue weighted by Gasteiger charge is 2.20. The average Bonchev–Trinajstić information content (AvgIpc) is 2.33. The van der Waals surface area contributed by atoms with Gasteiger partial charge in [-0.1, -0.05) is 17.7 Å². The standard InChI is InChI=1S/C15H21NO4/c1-9-5-10(2)12(11(3)6-9)7-14(17)16-13(8-20-4)15(18)19/h5-6,13H,7-8H2,1-4H3,(H,16,17)(H,18,19). The molecule has 20 heavy (non-hydrogen) atoms. The van der Waals surface area contributed by atoms with Gasteiger partial charge in [-0.15, -0.1) is 0 Å². The number of aryl methyl sites for hydroxylation is 3. The highest BCUT2D eigenvalue weighted by molar-refractivity contribution is 5.85. The summed E-state index contributed by atoms with van der Waals surface area (Å²) in [7, 11) is 1.40. The maximum atomic E-state index is 12.0. The van der Waals surface area contributed by atoms with Gasteiger partial charge in [0.25, 0.3) is 0 Å². The maximum absolute atomic E-state index is 12.0. The zero-order chi connectivity index (χ0) is 15.3. The van der Waals surface area contributed by atoms with E-state index in [0.29, 0.717) is 0 Å². The van der Waals surface area contributed by atoms with Gasteiger partial charge in [-0.3, -0.25) is 4.79 Å². The molecule has 1 amide bonds. The predicted molar refractivity (Wildman–Crippen MR) is 75.8 cm³/mol. The van der Waals surface area contributed by atoms with E-state index >= 15 is 0 Å². The minimum absolute atomic E-state index is 0.0487. The van der Waals surface area contributed by atoms with E-state index in [4.69, 9.17) is 9.84 Å². The summed E-state index contributed by atoms with van der Waals surface area (Å²) >= 11 is 0. The lowest BCUT2D eigenvalue weighted by atomic mass is 9.97. The third-order valence-electron chi connectivity index (χ3n) is 3.14. The Hall–Kier alpha value is -1.88. The average molecular weight is 279 g/mol. The van der Waals surface area contributed by atoms with Gasteiger partial charge < -0.3 is 15.2 Å². The Labute approximate surface area is 118 Å². The topological polar surface area (TPSA) is 75.6 Å². The maximum Gasteiger partial charge on any atom is 0.328 e. The lowest BCUT2D eigenvalue weighted by Crippen LogP contribution is -2.44. The molecule has 0 saturated carbocycles. The molecule has 0 fully saturated rings. The molecule has 1 rings (SSSR count). The molecular formula is C15H21NO4. The lowest BCUT2D eigenvalue weighted by molar-refractivity contribution is -0.143. The van der Waals surface area contributed by atoms with Crippen LogP contribution in [0.15, 0.2) is 12.1 Å². The number of rotatable bonds is 6. The number of hydrogen-bond donors (Lipinski definition) is 2. The van der Waals surface area contributed by atoms with Crippen LogP contribution >= 0.6 is 0 Å². The first kappa shape index (κ1) is 16.2. The number of nitrogens with one attached hydrogen (secondary N) is 1. The van der Waals surface area contributed by atoms with Crippen molar-refractivity contribution in [1.82, 2.24) is 5.32 Å². The molecule has 1 atom stereocenters. The van der Waals surface area contributed by atoms with Crippen LogP contribution in [0.25, 0.3) is 0 Å². The summed E-state index contributed by atoms with van der Waals surface area (Å²) < 4.78 is 4.78. The van der Waals surface area contributed by atoms with Crippen LogP contribution in [0.4, 0.5) is 0 Å². The molecule has 0 aliphatic carbocycles. The monoisotopic (exact) mass is 279 g/mol. The van der Waals surface area contributed by atoms with Gasteiger partial charge in [0.05, 0.1) is 13.0 Å². The summed E-state index contributed by atoms with van der Waals surface area (Å²) in [5.74, 6) is -1.41. The van der Waals surface area contributed by atoms with Crippen molar-refractivity contribution in [3.05, 3.63) is 34.4 Å². The van der Waals surface area contributed by atoms with Crippen molar-refractivity contribution in [2.75, 3.05) is 13.7 Å². The molecule has 0 saturated heterocycles. The van der Waals surface area contributed by atoms with Gasteiger partial charge in [-0.05, 0) is 37.5 Å². The first-order valence-corrected chi connectivity index (χ1v) is 6.43. The molecule has 1 unspecified atom stereocenters. The van der Waals surface area contributed by atoms with Gasteiger partial charge in [0.1, 0.15) is 0 Å². The highest BCUT2D eigenvalue weighted by atomic mass is 16.5. The molecule has 0 spiro atoms. The fourth-order valence-electron chi connectivity index (χ4n) is 2.24. The van der Waals surface area contributed by atoms with E-state index < -0.39 is 12.0 Å². The van der Waals surface area contributed by atoms with Crippen molar-refractivity contribution in [1.29, 1.82) is 0 Å². The molecule has 5 nitrogen and oxygen atoms in total. The van der Waals surface area contributed by atoms with Crippen LogP contribution in [-0.2, 0) is 20.7 Å². The third-order valence-corrected chi connectivity index (χ3v) is 3.14. The van der Waals surface area contributed by atoms with E-state index in [9.17, 15) is 9.59 Å². The van der Waals surface area contributed by atoms with Gasteiger partial charge in [0.15, 0.2) is 6.04 Å². The Morgan fingerprint density at radius 2 is 1.80 bits per heavy atom. The number of benzene rings is 1. The zero-order valence-electron chi connectivity index (χ0n) is 12.3. The molecule has 0 radical (unpaired) electrons. The third kappa shape index (κ3) is 4.35. The zero-order valence-corrected chi connectivity index (χ0v) is 12.3. The fraction of sp³-hybridized carbons (Fsp3) is 0.467. The summed E-state index contributed by atoms with van der Waals surface area (Å²) in [6.45, 7) is 5.86. The van der Waals surface area contributed by atoms with Crippen molar-refractivity contribution in [3.8, 4) is 0 Å². The van der Waals surface area contributed by atoms with Gasteiger partial charge in [0, 0.05) is 7.11 Å². The number of carbonyl (C=O) groups is 2. The Morgan fingerprint density at radius 3 is 2.25 bits per heavy atom. The number of hydrogen-bond acceptors (Lipinski definition) is 3. The number of methoxy groups -OCH3 is 1. The molecule has 0 aromatic heterocycles. The van der Waals surface area contributed by atoms with E-state index in [1.165, 1.54) is 7.11 Å². The molecule has 110 valence electrons. The molecule has 2 N–H and O–H groups in total. The van der Waals surface area contributed by atoms with Crippen molar-refractivity contribution < 1.29 is 19.4 Å². The van der Waals surface area contributed by atoms with Crippen molar-refractivity contribution in [3.63, 3.8) is 0 Å². The normalized spacial score (nSPS) is 12.0. The fourth-order valence-corrected chi connectivity index (χ4v) is 2.24. The van der Waals surface area contributed by atoms with Crippen molar-refractivity contribution in [2.45, 2.75) is 33.2 Å². The highest BCUT2D eigenvalue weighted by Crippen LogP contribution is 2.16. The van der Waals surface area contributed by atoms with Crippen LogP contribution in [0.2, 0.25) is 0 Å². The van der Waals surface area contributed by atoms with Crippen LogP contribution in [0.3, 0.4) is 0 Å². The predicted octanol–water partition coefficient (Wildman–Crippen LogP) is 1.37. The van der Waals surface area contributed by atoms with E-state index in [-0.39, 0.29) is 18.9 Å². The molecule has 0 heterocycles. The Bertz CT molecular complexity index is 488. The lowest BCUT2D eigenvalue weighted by Gasteiger charge is -2.15. The Kier molecular flexibility index (Phi) is 5.70. The van der Waals surface area contributed by atoms with Crippen LogP contribution in [0.1, 0.15) is 22.3 Å². The number of carbonyl (C=O) groups excluding carboxylic acids is 1. The summed E-state index contributed by atoms with van der Waals surface area (Å²) in [4.78, 5) is 22.9. The number of carboxylic acids is 1. The van der Waals surface area contributed by atoms with Crippen molar-refractivity contribution in [2.24, 2.45) is 0 Å². The van der Waals surface area contributed by atoms with Crippen LogP contribution in [-0.4, -0.2) is 36.7 Å². The summed E-state index contributed by atoms with van der Waals surface area (Å²) in [6.07, 6.45) is 0.172. The summed E-state index contributed by atoms with van der Waals surface area (Å²) in [5, 5.41) is 11.4. The Balaban J connectivity index is 2.78. The number of aliphatic carboxylic acids is 1. The largest absolute Gasteiger partial charge is 0.480 e. The van der Waals surface area contributed by atoms with Crippen LogP contribution in [0.5, 0.6) is 0 Å². The van der Waals surface area contributed by atoms with Gasteiger partial charge in [-0.2, -0.15) is 0 Å². The van der Waals surface area contributed by atoms with E-state index in [2.05, 4.69) is 5.32 Å². The Morgan fingerprint density at radius 1 is 1.25 bits per heavy atom. The molecular weight excluding hydrogens is 258 g/mol. The molecule has 1 aromatic rings. The van der Waals surface area contributed by atoms with Gasteiger partial charge in [0.2, 0.25) is 5.91 Å². The second kappa shape index (κ2) is 7.05. The SMILES string of the molecule is COCC(NC(=O)Cc1c(C)cc(C)cc1C)C(=O)O. The van der Waals surface area contributed by atoms with Crippen LogP contribution in [0, 0.1) is 20.8 Å². The van der Waals surface area contributed by atoms with E-state index in [1.54, 1.807) is 0 Å². The second-order valence-corrected chi connectivity index (χ2v) is 4.97. The number of carboxylic acid groups (broad SMARTS) is 1. The first-order chi connectivity index (χ1) is 9.35. The minimum atomic E-state index is -1.10. The van der Waals surface area contributed by atoms with E-state index in [0.717, 1.165) is 22.3 Å². The number of amides is 1. The smallest absolute Gasteiger partial charge is 0.328 e. The van der Waals surface area contributed by atoms with Gasteiger partial charge in [-0.25, -0.2) is 4.79 Å². The molecule has 0 aliphatic heterocycles. The first-order valence-electron chi connectivity index (χ1n) is 6.43.